The predicted octanol–water partition coefficient (Wildman–Crippen LogP) is 4.74. The zero-order valence-corrected chi connectivity index (χ0v) is 13.9. The van der Waals surface area contributed by atoms with Gasteiger partial charge in [0.1, 0.15) is 0 Å². The van der Waals surface area contributed by atoms with Gasteiger partial charge in [0.15, 0.2) is 0 Å². The summed E-state index contributed by atoms with van der Waals surface area (Å²) in [7, 11) is 0. The zero-order valence-electron chi connectivity index (χ0n) is 11.5. The molecule has 0 spiro atoms. The van der Waals surface area contributed by atoms with Gasteiger partial charge in [-0.25, -0.2) is 4.98 Å². The molecule has 104 valence electrons. The minimum atomic E-state index is -0.565. The Morgan fingerprint density at radius 1 is 1.32 bits per heavy atom. The van der Waals surface area contributed by atoms with E-state index >= 15 is 0 Å². The first-order chi connectivity index (χ1) is 8.79. The normalized spacial score (nSPS) is 13.8. The van der Waals surface area contributed by atoms with E-state index in [9.17, 15) is 5.11 Å². The topological polar surface area (TPSA) is 33.1 Å². The summed E-state index contributed by atoms with van der Waals surface area (Å²) in [6.45, 7) is 8.38. The maximum Gasteiger partial charge on any atom is 0.0960 e. The summed E-state index contributed by atoms with van der Waals surface area (Å²) < 4.78 is 0. The van der Waals surface area contributed by atoms with Crippen molar-refractivity contribution < 1.29 is 5.11 Å². The number of aryl methyl sites for hydroxylation is 1. The van der Waals surface area contributed by atoms with Crippen LogP contribution >= 0.6 is 34.3 Å². The first-order valence-corrected chi connectivity index (χ1v) is 8.29. The van der Waals surface area contributed by atoms with E-state index in [1.807, 2.05) is 12.3 Å². The molecule has 0 aliphatic rings. The van der Waals surface area contributed by atoms with Crippen molar-refractivity contribution in [1.82, 2.24) is 4.98 Å². The second-order valence-electron chi connectivity index (χ2n) is 5.69. The summed E-state index contributed by atoms with van der Waals surface area (Å²) in [6, 6.07) is 0. The quantitative estimate of drug-likeness (QED) is 0.887. The Labute approximate surface area is 127 Å². The molecule has 2 aromatic rings. The minimum absolute atomic E-state index is 0.0524. The van der Waals surface area contributed by atoms with Gasteiger partial charge in [0.05, 0.1) is 26.7 Å². The van der Waals surface area contributed by atoms with Gasteiger partial charge in [0.2, 0.25) is 0 Å². The van der Waals surface area contributed by atoms with E-state index in [0.717, 1.165) is 21.1 Å². The average molecular weight is 316 g/mol. The van der Waals surface area contributed by atoms with Crippen molar-refractivity contribution in [3.05, 3.63) is 36.9 Å². The van der Waals surface area contributed by atoms with Crippen molar-refractivity contribution in [2.45, 2.75) is 45.6 Å². The van der Waals surface area contributed by atoms with Crippen LogP contribution in [0.25, 0.3) is 0 Å². The van der Waals surface area contributed by atoms with Crippen molar-refractivity contribution in [2.24, 2.45) is 0 Å². The molecule has 0 fully saturated rings. The number of halogens is 1. The lowest BCUT2D eigenvalue weighted by Gasteiger charge is -2.14. The highest BCUT2D eigenvalue weighted by Crippen LogP contribution is 2.34. The Balaban J connectivity index is 2.13. The van der Waals surface area contributed by atoms with E-state index in [-0.39, 0.29) is 5.41 Å². The third-order valence-electron chi connectivity index (χ3n) is 2.92. The molecule has 1 atom stereocenters. The molecule has 2 nitrogen and oxygen atoms in total. The van der Waals surface area contributed by atoms with Crippen molar-refractivity contribution in [3.63, 3.8) is 0 Å². The second kappa shape index (κ2) is 5.52. The second-order valence-corrected chi connectivity index (χ2v) is 7.93. The van der Waals surface area contributed by atoms with Crippen LogP contribution in [0.3, 0.4) is 0 Å². The summed E-state index contributed by atoms with van der Waals surface area (Å²) in [5.41, 5.74) is 2.15. The summed E-state index contributed by atoms with van der Waals surface area (Å²) >= 11 is 9.29. The number of nitrogens with zero attached hydrogens (tertiary/aromatic N) is 1. The van der Waals surface area contributed by atoms with Crippen LogP contribution in [0.5, 0.6) is 0 Å². The first-order valence-electron chi connectivity index (χ1n) is 6.15. The lowest BCUT2D eigenvalue weighted by Crippen LogP contribution is -2.11. The molecule has 2 rings (SSSR count). The van der Waals surface area contributed by atoms with E-state index in [1.54, 1.807) is 11.3 Å². The number of thiophene rings is 1. The fourth-order valence-corrected chi connectivity index (χ4v) is 4.05. The molecular weight excluding hydrogens is 298 g/mol. The Morgan fingerprint density at radius 3 is 2.47 bits per heavy atom. The van der Waals surface area contributed by atoms with Crippen LogP contribution in [0.1, 0.15) is 48.0 Å². The van der Waals surface area contributed by atoms with Gasteiger partial charge in [-0.1, -0.05) is 32.4 Å². The van der Waals surface area contributed by atoms with Gasteiger partial charge in [0.25, 0.3) is 0 Å². The maximum atomic E-state index is 10.3. The molecule has 0 amide bonds. The molecular formula is C14H18ClNOS2. The van der Waals surface area contributed by atoms with Crippen molar-refractivity contribution in [3.8, 4) is 0 Å². The third-order valence-corrected chi connectivity index (χ3v) is 5.60. The molecule has 0 bridgehead atoms. The predicted molar refractivity (Wildman–Crippen MR) is 83.5 cm³/mol. The summed E-state index contributed by atoms with van der Waals surface area (Å²) in [4.78, 5) is 5.44. The standard InChI is InChI=1S/C14H18ClNOS2/c1-8-6-19-13(12(8)15)9(17)5-11-16-10(7-18-11)14(2,3)4/h6-7,9,17H,5H2,1-4H3. The number of hydrogen-bond donors (Lipinski definition) is 1. The van der Waals surface area contributed by atoms with Crippen molar-refractivity contribution >= 4 is 34.3 Å². The molecule has 0 saturated heterocycles. The molecule has 0 saturated carbocycles. The van der Waals surface area contributed by atoms with Gasteiger partial charge in [-0.2, -0.15) is 0 Å². The number of aliphatic hydroxyl groups excluding tert-OH is 1. The van der Waals surface area contributed by atoms with Crippen LogP contribution in [0.15, 0.2) is 10.8 Å². The summed E-state index contributed by atoms with van der Waals surface area (Å²) in [5.74, 6) is 0. The average Bonchev–Trinajstić information content (AvgIpc) is 2.87. The van der Waals surface area contributed by atoms with Crippen LogP contribution in [-0.2, 0) is 11.8 Å². The number of rotatable bonds is 3. The van der Waals surface area contributed by atoms with Gasteiger partial charge in [-0.3, -0.25) is 0 Å². The number of aliphatic hydroxyl groups is 1. The fraction of sp³-hybridized carbons (Fsp3) is 0.500. The van der Waals surface area contributed by atoms with E-state index in [1.165, 1.54) is 11.3 Å². The van der Waals surface area contributed by atoms with Crippen LogP contribution in [-0.4, -0.2) is 10.1 Å². The van der Waals surface area contributed by atoms with Crippen molar-refractivity contribution in [2.75, 3.05) is 0 Å². The largest absolute Gasteiger partial charge is 0.387 e. The molecule has 19 heavy (non-hydrogen) atoms. The Hall–Kier alpha value is -0.420. The van der Waals surface area contributed by atoms with E-state index in [2.05, 4.69) is 31.1 Å². The molecule has 0 aliphatic heterocycles. The minimum Gasteiger partial charge on any atom is -0.387 e. The number of hydrogen-bond acceptors (Lipinski definition) is 4. The van der Waals surface area contributed by atoms with E-state index in [4.69, 9.17) is 11.6 Å². The molecule has 2 aromatic heterocycles. The van der Waals surface area contributed by atoms with Crippen molar-refractivity contribution in [1.29, 1.82) is 0 Å². The monoisotopic (exact) mass is 315 g/mol. The molecule has 0 aromatic carbocycles. The molecule has 1 unspecified atom stereocenters. The van der Waals surface area contributed by atoms with Gasteiger partial charge in [-0.05, 0) is 17.9 Å². The van der Waals surface area contributed by atoms with Gasteiger partial charge in [-0.15, -0.1) is 22.7 Å². The van der Waals surface area contributed by atoms with E-state index in [0.29, 0.717) is 11.4 Å². The maximum absolute atomic E-state index is 10.3. The Kier molecular flexibility index (Phi) is 4.35. The fourth-order valence-electron chi connectivity index (χ4n) is 1.68. The highest BCUT2D eigenvalue weighted by molar-refractivity contribution is 7.11. The van der Waals surface area contributed by atoms with E-state index < -0.39 is 6.10 Å². The third kappa shape index (κ3) is 3.37. The van der Waals surface area contributed by atoms with Gasteiger partial charge >= 0.3 is 0 Å². The summed E-state index contributed by atoms with van der Waals surface area (Å²) in [6.07, 6.45) is -0.0365. The lowest BCUT2D eigenvalue weighted by molar-refractivity contribution is 0.182. The highest BCUT2D eigenvalue weighted by Gasteiger charge is 2.21. The molecule has 5 heteroatoms. The Morgan fingerprint density at radius 2 is 2.00 bits per heavy atom. The molecule has 0 radical (unpaired) electrons. The van der Waals surface area contributed by atoms with Crippen LogP contribution < -0.4 is 0 Å². The molecule has 1 N–H and O–H groups in total. The number of thiazole rings is 1. The molecule has 0 aliphatic carbocycles. The van der Waals surface area contributed by atoms with Gasteiger partial charge in [0, 0.05) is 17.2 Å². The Bertz CT molecular complexity index is 568. The van der Waals surface area contributed by atoms with Gasteiger partial charge < -0.3 is 5.11 Å². The smallest absolute Gasteiger partial charge is 0.0960 e. The van der Waals surface area contributed by atoms with Crippen LogP contribution in [0.4, 0.5) is 0 Å². The highest BCUT2D eigenvalue weighted by atomic mass is 35.5. The molecule has 2 heterocycles. The first kappa shape index (κ1) is 15.0. The van der Waals surface area contributed by atoms with Crippen LogP contribution in [0, 0.1) is 6.92 Å². The zero-order chi connectivity index (χ0) is 14.2. The SMILES string of the molecule is Cc1csc(C(O)Cc2nc(C(C)(C)C)cs2)c1Cl. The van der Waals surface area contributed by atoms with Crippen LogP contribution in [0.2, 0.25) is 5.02 Å². The lowest BCUT2D eigenvalue weighted by atomic mass is 9.93. The number of aromatic nitrogens is 1. The summed E-state index contributed by atoms with van der Waals surface area (Å²) in [5, 5.41) is 16.0.